The molecule has 2 amide bonds. The van der Waals surface area contributed by atoms with Crippen LogP contribution < -0.4 is 10.1 Å². The molecule has 0 spiro atoms. The van der Waals surface area contributed by atoms with Gasteiger partial charge in [0.15, 0.2) is 0 Å². The Bertz CT molecular complexity index is 1020. The van der Waals surface area contributed by atoms with E-state index in [4.69, 9.17) is 4.74 Å². The second-order valence-electron chi connectivity index (χ2n) is 7.35. The molecule has 1 aliphatic carbocycles. The van der Waals surface area contributed by atoms with E-state index < -0.39 is 23.1 Å². The molecule has 5 nitrogen and oxygen atoms in total. The molecule has 0 bridgehead atoms. The van der Waals surface area contributed by atoms with E-state index in [1.807, 2.05) is 6.07 Å². The number of aliphatic hydroxyl groups excluding tert-OH is 1. The summed E-state index contributed by atoms with van der Waals surface area (Å²) in [6.45, 7) is 1.38. The third kappa shape index (κ3) is 3.91. The van der Waals surface area contributed by atoms with Crippen molar-refractivity contribution < 1.29 is 32.6 Å². The predicted octanol–water partition coefficient (Wildman–Crippen LogP) is 4.93. The van der Waals surface area contributed by atoms with E-state index in [0.717, 1.165) is 41.4 Å². The van der Waals surface area contributed by atoms with Crippen molar-refractivity contribution in [1.29, 1.82) is 0 Å². The standard InChI is InChI=1S/C21H18F3NO4S/c1-10(26)16-9-12(21(22,23)24)3-7-17(16)29-13-4-6-14-11(8-13)2-5-15(14)18-19(27)25-20(28)30-18/h3-4,6-10,15,18,26H,2,5H2,1H3,(H,25,27,28)/t10?,15-,18?/m1/s1. The molecule has 158 valence electrons. The molecule has 2 unspecified atom stereocenters. The predicted molar refractivity (Wildman–Crippen MR) is 105 cm³/mol. The first-order valence-corrected chi connectivity index (χ1v) is 10.2. The third-order valence-corrected chi connectivity index (χ3v) is 6.45. The smallest absolute Gasteiger partial charge is 0.416 e. The van der Waals surface area contributed by atoms with Gasteiger partial charge in [0.1, 0.15) is 16.7 Å². The van der Waals surface area contributed by atoms with Crippen LogP contribution in [-0.4, -0.2) is 21.5 Å². The summed E-state index contributed by atoms with van der Waals surface area (Å²) in [6, 6.07) is 8.29. The van der Waals surface area contributed by atoms with Gasteiger partial charge in [-0.1, -0.05) is 17.8 Å². The number of carbonyl (C=O) groups excluding carboxylic acids is 2. The Morgan fingerprint density at radius 3 is 2.60 bits per heavy atom. The fourth-order valence-electron chi connectivity index (χ4n) is 3.91. The number of rotatable bonds is 4. The van der Waals surface area contributed by atoms with Crippen LogP contribution in [0.2, 0.25) is 0 Å². The average molecular weight is 437 g/mol. The van der Waals surface area contributed by atoms with Crippen molar-refractivity contribution in [2.75, 3.05) is 0 Å². The molecule has 9 heteroatoms. The highest BCUT2D eigenvalue weighted by atomic mass is 32.2. The fraction of sp³-hybridized carbons (Fsp3) is 0.333. The van der Waals surface area contributed by atoms with Crippen LogP contribution in [0.1, 0.15) is 47.6 Å². The molecule has 0 aromatic heterocycles. The Labute approximate surface area is 174 Å². The van der Waals surface area contributed by atoms with E-state index in [0.29, 0.717) is 12.2 Å². The molecule has 0 saturated carbocycles. The average Bonchev–Trinajstić information content (AvgIpc) is 3.22. The molecule has 1 heterocycles. The van der Waals surface area contributed by atoms with Crippen molar-refractivity contribution in [3.05, 3.63) is 58.7 Å². The van der Waals surface area contributed by atoms with Crippen LogP contribution in [0.25, 0.3) is 0 Å². The van der Waals surface area contributed by atoms with Gasteiger partial charge in [0.25, 0.3) is 5.24 Å². The number of hydrogen-bond donors (Lipinski definition) is 2. The van der Waals surface area contributed by atoms with Crippen molar-refractivity contribution in [1.82, 2.24) is 5.32 Å². The van der Waals surface area contributed by atoms with Gasteiger partial charge in [-0.05, 0) is 61.2 Å². The Morgan fingerprint density at radius 2 is 1.97 bits per heavy atom. The molecule has 30 heavy (non-hydrogen) atoms. The van der Waals surface area contributed by atoms with Gasteiger partial charge in [-0.15, -0.1) is 0 Å². The summed E-state index contributed by atoms with van der Waals surface area (Å²) in [7, 11) is 0. The molecule has 1 saturated heterocycles. The zero-order valence-corrected chi connectivity index (χ0v) is 16.6. The molecular weight excluding hydrogens is 419 g/mol. The molecule has 2 aromatic rings. The summed E-state index contributed by atoms with van der Waals surface area (Å²) in [5, 5.41) is 11.4. The molecule has 1 fully saturated rings. The lowest BCUT2D eigenvalue weighted by molar-refractivity contribution is -0.137. The molecule has 0 radical (unpaired) electrons. The number of nitrogens with one attached hydrogen (secondary N) is 1. The van der Waals surface area contributed by atoms with E-state index in [1.54, 1.807) is 12.1 Å². The van der Waals surface area contributed by atoms with Crippen molar-refractivity contribution >= 4 is 22.9 Å². The molecule has 4 rings (SSSR count). The van der Waals surface area contributed by atoms with Gasteiger partial charge in [-0.2, -0.15) is 13.2 Å². The van der Waals surface area contributed by atoms with Gasteiger partial charge in [-0.3, -0.25) is 14.9 Å². The molecule has 2 N–H and O–H groups in total. The third-order valence-electron chi connectivity index (χ3n) is 5.34. The molecule has 2 aliphatic rings. The maximum atomic E-state index is 13.0. The number of ether oxygens (including phenoxy) is 1. The molecule has 3 atom stereocenters. The number of halogens is 3. The normalized spacial score (nSPS) is 22.0. The zero-order valence-electron chi connectivity index (χ0n) is 15.8. The first-order chi connectivity index (χ1) is 14.1. The first-order valence-electron chi connectivity index (χ1n) is 9.35. The summed E-state index contributed by atoms with van der Waals surface area (Å²) in [5.74, 6) is 0.207. The summed E-state index contributed by atoms with van der Waals surface area (Å²) < 4.78 is 44.7. The maximum Gasteiger partial charge on any atom is 0.416 e. The van der Waals surface area contributed by atoms with Gasteiger partial charge in [-0.25, -0.2) is 0 Å². The lowest BCUT2D eigenvalue weighted by Gasteiger charge is -2.18. The van der Waals surface area contributed by atoms with Crippen LogP contribution in [-0.2, 0) is 17.4 Å². The number of alkyl halides is 3. The molecule has 1 aliphatic heterocycles. The quantitative estimate of drug-likeness (QED) is 0.709. The van der Waals surface area contributed by atoms with E-state index >= 15 is 0 Å². The number of aliphatic hydroxyl groups is 1. The summed E-state index contributed by atoms with van der Waals surface area (Å²) in [6.07, 6.45) is -4.24. The van der Waals surface area contributed by atoms with Gasteiger partial charge >= 0.3 is 6.18 Å². The van der Waals surface area contributed by atoms with Gasteiger partial charge in [0, 0.05) is 11.5 Å². The number of carbonyl (C=O) groups is 2. The van der Waals surface area contributed by atoms with Gasteiger partial charge in [0.05, 0.1) is 11.7 Å². The second kappa shape index (κ2) is 7.63. The lowest BCUT2D eigenvalue weighted by Crippen LogP contribution is -2.27. The largest absolute Gasteiger partial charge is 0.457 e. The van der Waals surface area contributed by atoms with Crippen LogP contribution in [0, 0.1) is 0 Å². The van der Waals surface area contributed by atoms with Crippen LogP contribution in [0.5, 0.6) is 11.5 Å². The Hall–Kier alpha value is -2.52. The second-order valence-corrected chi connectivity index (χ2v) is 8.46. The van der Waals surface area contributed by atoms with E-state index in [9.17, 15) is 27.9 Å². The fourth-order valence-corrected chi connectivity index (χ4v) is 4.91. The monoisotopic (exact) mass is 437 g/mol. The lowest BCUT2D eigenvalue weighted by atomic mass is 9.97. The Kier molecular flexibility index (Phi) is 5.27. The van der Waals surface area contributed by atoms with E-state index in [-0.39, 0.29) is 28.4 Å². The minimum absolute atomic E-state index is 0.0424. The number of benzene rings is 2. The number of imide groups is 1. The summed E-state index contributed by atoms with van der Waals surface area (Å²) in [5.41, 5.74) is 1.12. The highest BCUT2D eigenvalue weighted by Gasteiger charge is 2.41. The van der Waals surface area contributed by atoms with Crippen molar-refractivity contribution in [3.63, 3.8) is 0 Å². The SMILES string of the molecule is CC(O)c1cc(C(F)(F)F)ccc1Oc1ccc2c(c1)CC[C@H]2C1SC(=O)NC1=O. The van der Waals surface area contributed by atoms with Crippen LogP contribution in [0.15, 0.2) is 36.4 Å². The summed E-state index contributed by atoms with van der Waals surface area (Å²) >= 11 is 0.999. The van der Waals surface area contributed by atoms with Gasteiger partial charge < -0.3 is 9.84 Å². The zero-order chi connectivity index (χ0) is 21.6. The number of hydrogen-bond acceptors (Lipinski definition) is 5. The highest BCUT2D eigenvalue weighted by molar-refractivity contribution is 8.15. The maximum absolute atomic E-state index is 13.0. The Morgan fingerprint density at radius 1 is 1.20 bits per heavy atom. The first kappa shape index (κ1) is 20.7. The van der Waals surface area contributed by atoms with Crippen LogP contribution in [0.3, 0.4) is 0 Å². The minimum Gasteiger partial charge on any atom is -0.457 e. The minimum atomic E-state index is -4.52. The van der Waals surface area contributed by atoms with E-state index in [2.05, 4.69) is 5.32 Å². The molecule has 2 aromatic carbocycles. The van der Waals surface area contributed by atoms with Crippen molar-refractivity contribution in [2.24, 2.45) is 0 Å². The highest BCUT2D eigenvalue weighted by Crippen LogP contribution is 2.44. The number of aryl methyl sites for hydroxylation is 1. The number of thioether (sulfide) groups is 1. The molecular formula is C21H18F3NO4S. The number of amides is 2. The summed E-state index contributed by atoms with van der Waals surface area (Å²) in [4.78, 5) is 23.5. The van der Waals surface area contributed by atoms with Crippen LogP contribution >= 0.6 is 11.8 Å². The van der Waals surface area contributed by atoms with E-state index in [1.165, 1.54) is 13.0 Å². The number of fused-ring (bicyclic) bond motifs is 1. The van der Waals surface area contributed by atoms with Crippen molar-refractivity contribution in [3.8, 4) is 11.5 Å². The van der Waals surface area contributed by atoms with Crippen molar-refractivity contribution in [2.45, 2.75) is 43.2 Å². The van der Waals surface area contributed by atoms with Gasteiger partial charge in [0.2, 0.25) is 5.91 Å². The van der Waals surface area contributed by atoms with Crippen LogP contribution in [0.4, 0.5) is 18.0 Å². The Balaban J connectivity index is 1.59. The topological polar surface area (TPSA) is 75.6 Å².